The molecule has 0 aliphatic rings. The summed E-state index contributed by atoms with van der Waals surface area (Å²) in [7, 11) is 0. The number of benzene rings is 5. The van der Waals surface area contributed by atoms with Crippen LogP contribution in [0.15, 0.2) is 121 Å². The molecule has 0 saturated heterocycles. The van der Waals surface area contributed by atoms with Crippen molar-refractivity contribution < 1.29 is 99.0 Å². The first-order valence-corrected chi connectivity index (χ1v) is 15.9. The van der Waals surface area contributed by atoms with Crippen LogP contribution >= 0.6 is 0 Å². The Bertz CT molecular complexity index is 1900. The van der Waals surface area contributed by atoms with Crippen LogP contribution in [0.1, 0.15) is 104 Å². The van der Waals surface area contributed by atoms with Gasteiger partial charge in [-0.1, -0.05) is 60.7 Å². The minimum absolute atomic E-state index is 0. The van der Waals surface area contributed by atoms with Crippen LogP contribution in [0.3, 0.4) is 0 Å². The molecule has 5 aromatic carbocycles. The molecule has 0 fully saturated rings. The molecule has 64 heavy (non-hydrogen) atoms. The predicted molar refractivity (Wildman–Crippen MR) is 230 cm³/mol. The van der Waals surface area contributed by atoms with Gasteiger partial charge in [-0.05, 0) is 60.7 Å². The van der Waals surface area contributed by atoms with Crippen molar-refractivity contribution in [1.82, 2.24) is 0 Å². The van der Waals surface area contributed by atoms with Crippen LogP contribution in [-0.2, 0) is 0 Å². The molecule has 5 aromatic rings. The van der Waals surface area contributed by atoms with Crippen molar-refractivity contribution in [2.45, 2.75) is 0 Å². The number of carboxylic acid groups (broad SMARTS) is 10. The third-order valence-corrected chi connectivity index (χ3v) is 6.94. The average Bonchev–Trinajstić information content (AvgIpc) is 3.21. The predicted octanol–water partition coefficient (Wildman–Crippen LogP) is 2.82. The third kappa shape index (κ3) is 23.7. The summed E-state index contributed by atoms with van der Waals surface area (Å²) in [5.74, 6) is -12.3. The van der Waals surface area contributed by atoms with E-state index < -0.39 is 59.7 Å². The van der Waals surface area contributed by atoms with Crippen molar-refractivity contribution in [1.29, 1.82) is 0 Å². The number of aromatic carboxylic acids is 10. The first-order chi connectivity index (χ1) is 28.1. The van der Waals surface area contributed by atoms with Gasteiger partial charge in [0.25, 0.3) is 0 Å². The quantitative estimate of drug-likeness (QED) is 0.0899. The fourth-order valence-corrected chi connectivity index (χ4v) is 4.28. The van der Waals surface area contributed by atoms with E-state index in [2.05, 4.69) is 0 Å². The van der Waals surface area contributed by atoms with Gasteiger partial charge in [0, 0.05) is 0 Å². The van der Waals surface area contributed by atoms with Gasteiger partial charge >= 0.3 is 265 Å². The average molecular weight is 991 g/mol. The molecule has 0 heterocycles. The molecule has 0 spiro atoms. The SMILES string of the molecule is O=C(O)c1ccccc1C(=O)O.O=C(O)c1ccccc1C(=O)O.O=C(O)c1ccccc1C(=O)O.O=C(O)c1ccccc1C(=O)O.O=C(O)c1ccccc1C(=O)O.[KH].[KH].[KH].[KH]. The van der Waals surface area contributed by atoms with Crippen molar-refractivity contribution in [3.63, 3.8) is 0 Å². The zero-order valence-electron chi connectivity index (χ0n) is 30.1. The van der Waals surface area contributed by atoms with Gasteiger partial charge in [0.2, 0.25) is 0 Å². The first-order valence-electron chi connectivity index (χ1n) is 15.9. The third-order valence-electron chi connectivity index (χ3n) is 6.94. The van der Waals surface area contributed by atoms with Gasteiger partial charge in [0.15, 0.2) is 0 Å². The Morgan fingerprint density at radius 2 is 0.250 bits per heavy atom. The summed E-state index contributed by atoms with van der Waals surface area (Å²) >= 11 is 0. The zero-order chi connectivity index (χ0) is 45.7. The fraction of sp³-hybridized carbons (Fsp3) is 0. The maximum absolute atomic E-state index is 10.5. The molecule has 0 aromatic heterocycles. The fourth-order valence-electron chi connectivity index (χ4n) is 4.28. The molecular formula is C40H34K4O20. The maximum atomic E-state index is 10.5. The van der Waals surface area contributed by atoms with E-state index in [0.29, 0.717) is 0 Å². The molecule has 20 nitrogen and oxygen atoms in total. The van der Waals surface area contributed by atoms with Crippen LogP contribution in [0.2, 0.25) is 0 Å². The summed E-state index contributed by atoms with van der Waals surface area (Å²) in [6, 6.07) is 27.4. The Morgan fingerprint density at radius 1 is 0.188 bits per heavy atom. The summed E-state index contributed by atoms with van der Waals surface area (Å²) in [6.07, 6.45) is 0. The van der Waals surface area contributed by atoms with E-state index in [1.165, 1.54) is 121 Å². The Kier molecular flexibility index (Phi) is 37.7. The Labute approximate surface area is 531 Å². The number of carbonyl (C=O) groups is 10. The Morgan fingerprint density at radius 3 is 0.297 bits per heavy atom. The minimum atomic E-state index is -1.23. The van der Waals surface area contributed by atoms with Crippen molar-refractivity contribution in [3.05, 3.63) is 177 Å². The molecule has 318 valence electrons. The van der Waals surface area contributed by atoms with E-state index in [1.54, 1.807) is 0 Å². The normalized spacial score (nSPS) is 8.75. The molecule has 0 aliphatic carbocycles. The number of rotatable bonds is 10. The molecule has 10 N–H and O–H groups in total. The summed E-state index contributed by atoms with van der Waals surface area (Å²) in [5, 5.41) is 85.5. The van der Waals surface area contributed by atoms with Crippen molar-refractivity contribution in [2.75, 3.05) is 0 Å². The van der Waals surface area contributed by atoms with Gasteiger partial charge in [-0.3, -0.25) is 0 Å². The van der Waals surface area contributed by atoms with Crippen LogP contribution in [-0.4, -0.2) is 316 Å². The Hall–Kier alpha value is -2.65. The van der Waals surface area contributed by atoms with Gasteiger partial charge in [-0.2, -0.15) is 0 Å². The van der Waals surface area contributed by atoms with Crippen LogP contribution < -0.4 is 0 Å². The molecule has 0 bridgehead atoms. The van der Waals surface area contributed by atoms with Crippen molar-refractivity contribution in [3.8, 4) is 0 Å². The topological polar surface area (TPSA) is 373 Å². The molecule has 0 amide bonds. The molecule has 5 rings (SSSR count). The summed E-state index contributed by atoms with van der Waals surface area (Å²) in [6.45, 7) is 0. The van der Waals surface area contributed by atoms with Crippen molar-refractivity contribution in [2.24, 2.45) is 0 Å². The second-order valence-electron chi connectivity index (χ2n) is 10.8. The van der Waals surface area contributed by atoms with Gasteiger partial charge in [0.05, 0.1) is 55.6 Å². The van der Waals surface area contributed by atoms with E-state index in [4.69, 9.17) is 51.1 Å². The first kappa shape index (κ1) is 67.9. The molecule has 0 saturated carbocycles. The molecular weight excluding hydrogens is 957 g/mol. The summed E-state index contributed by atoms with van der Waals surface area (Å²) in [5.41, 5.74) is -1.90. The van der Waals surface area contributed by atoms with Gasteiger partial charge < -0.3 is 51.1 Å². The van der Waals surface area contributed by atoms with Crippen LogP contribution in [0.4, 0.5) is 0 Å². The van der Waals surface area contributed by atoms with Gasteiger partial charge in [-0.15, -0.1) is 0 Å². The molecule has 24 heteroatoms. The van der Waals surface area contributed by atoms with Crippen molar-refractivity contribution >= 4 is 265 Å². The zero-order valence-corrected chi connectivity index (χ0v) is 30.1. The molecule has 0 radical (unpaired) electrons. The second-order valence-corrected chi connectivity index (χ2v) is 10.8. The number of hydrogen-bond donors (Lipinski definition) is 10. The van der Waals surface area contributed by atoms with E-state index >= 15 is 0 Å². The van der Waals surface area contributed by atoms with E-state index in [-0.39, 0.29) is 261 Å². The van der Waals surface area contributed by atoms with Crippen LogP contribution in [0.25, 0.3) is 0 Å². The molecule has 0 atom stereocenters. The van der Waals surface area contributed by atoms with Gasteiger partial charge in [-0.25, -0.2) is 47.9 Å². The summed E-state index contributed by atoms with van der Waals surface area (Å²) < 4.78 is 0. The number of carboxylic acids is 10. The second kappa shape index (κ2) is 35.5. The van der Waals surface area contributed by atoms with E-state index in [1.807, 2.05) is 0 Å². The Balaban J connectivity index is -0.000000346. The number of hydrogen-bond acceptors (Lipinski definition) is 10. The van der Waals surface area contributed by atoms with Crippen LogP contribution in [0, 0.1) is 0 Å². The standard InChI is InChI=1S/5C8H6O4.4K.4H/c5*9-7(10)5-3-1-2-4-6(5)8(11)12;;;;;;;;/h5*1-4H,(H,9,10)(H,11,12);;;;;;;;. The summed E-state index contributed by atoms with van der Waals surface area (Å²) in [4.78, 5) is 105. The molecule has 0 aliphatic heterocycles. The van der Waals surface area contributed by atoms with E-state index in [9.17, 15) is 47.9 Å². The monoisotopic (exact) mass is 990 g/mol. The van der Waals surface area contributed by atoms with Crippen LogP contribution in [0.5, 0.6) is 0 Å². The molecule has 0 unspecified atom stereocenters. The van der Waals surface area contributed by atoms with Gasteiger partial charge in [0.1, 0.15) is 0 Å². The van der Waals surface area contributed by atoms with E-state index in [0.717, 1.165) is 0 Å².